The lowest BCUT2D eigenvalue weighted by atomic mass is 10.1. The van der Waals surface area contributed by atoms with Crippen molar-refractivity contribution in [3.63, 3.8) is 0 Å². The number of hydrogen-bond donors (Lipinski definition) is 1. The molecule has 2 unspecified atom stereocenters. The summed E-state index contributed by atoms with van der Waals surface area (Å²) >= 11 is 0. The van der Waals surface area contributed by atoms with E-state index in [2.05, 4.69) is 0 Å². The van der Waals surface area contributed by atoms with Gasteiger partial charge in [-0.15, -0.1) is 0 Å². The smallest absolute Gasteiger partial charge is 0.309 e. The number of rotatable bonds is 6. The molecular formula is C17H23NO4. The molecule has 1 aliphatic rings. The summed E-state index contributed by atoms with van der Waals surface area (Å²) in [4.78, 5) is 25.9. The van der Waals surface area contributed by atoms with Crippen molar-refractivity contribution in [2.75, 3.05) is 11.4 Å². The number of hydrogen-bond acceptors (Lipinski definition) is 4. The molecule has 1 N–H and O–H groups in total. The Kier molecular flexibility index (Phi) is 5.55. The lowest BCUT2D eigenvalue weighted by Gasteiger charge is -2.22. The Morgan fingerprint density at radius 3 is 2.82 bits per heavy atom. The highest BCUT2D eigenvalue weighted by Crippen LogP contribution is 2.28. The van der Waals surface area contributed by atoms with E-state index in [4.69, 9.17) is 4.74 Å². The number of aliphatic hydroxyl groups is 1. The fourth-order valence-electron chi connectivity index (χ4n) is 2.71. The average Bonchev–Trinajstić information content (AvgIpc) is 2.90. The minimum absolute atomic E-state index is 0.0674. The SMILES string of the molecule is CCCC(O)CC(=O)OC(C)C(=O)N1CCc2ccccc21. The van der Waals surface area contributed by atoms with E-state index in [9.17, 15) is 14.7 Å². The highest BCUT2D eigenvalue weighted by atomic mass is 16.5. The fraction of sp³-hybridized carbons (Fsp3) is 0.529. The molecule has 0 spiro atoms. The largest absolute Gasteiger partial charge is 0.452 e. The van der Waals surface area contributed by atoms with Crippen molar-refractivity contribution >= 4 is 17.6 Å². The predicted molar refractivity (Wildman–Crippen MR) is 83.6 cm³/mol. The molecule has 2 atom stereocenters. The summed E-state index contributed by atoms with van der Waals surface area (Å²) < 4.78 is 5.17. The number of benzene rings is 1. The van der Waals surface area contributed by atoms with Crippen LogP contribution in [0.15, 0.2) is 24.3 Å². The van der Waals surface area contributed by atoms with Crippen LogP contribution in [0.25, 0.3) is 0 Å². The highest BCUT2D eigenvalue weighted by Gasteiger charge is 2.29. The van der Waals surface area contributed by atoms with Crippen LogP contribution < -0.4 is 4.90 Å². The minimum atomic E-state index is -0.840. The van der Waals surface area contributed by atoms with Gasteiger partial charge in [-0.25, -0.2) is 0 Å². The Morgan fingerprint density at radius 2 is 2.09 bits per heavy atom. The molecule has 22 heavy (non-hydrogen) atoms. The summed E-state index contributed by atoms with van der Waals surface area (Å²) in [7, 11) is 0. The third-order valence-corrected chi connectivity index (χ3v) is 3.83. The van der Waals surface area contributed by atoms with Crippen LogP contribution in [0.4, 0.5) is 5.69 Å². The summed E-state index contributed by atoms with van der Waals surface area (Å²) in [6.07, 6.45) is 0.560. The van der Waals surface area contributed by atoms with Gasteiger partial charge in [0.05, 0.1) is 12.5 Å². The quantitative estimate of drug-likeness (QED) is 0.817. The van der Waals surface area contributed by atoms with Gasteiger partial charge in [-0.1, -0.05) is 31.5 Å². The van der Waals surface area contributed by atoms with Gasteiger partial charge >= 0.3 is 5.97 Å². The Hall–Kier alpha value is -1.88. The van der Waals surface area contributed by atoms with E-state index < -0.39 is 18.2 Å². The zero-order valence-corrected chi connectivity index (χ0v) is 13.1. The second-order valence-electron chi connectivity index (χ2n) is 5.65. The highest BCUT2D eigenvalue weighted by molar-refractivity contribution is 5.99. The molecule has 0 fully saturated rings. The van der Waals surface area contributed by atoms with E-state index in [0.29, 0.717) is 13.0 Å². The van der Waals surface area contributed by atoms with Gasteiger partial charge in [0.1, 0.15) is 0 Å². The van der Waals surface area contributed by atoms with E-state index >= 15 is 0 Å². The second kappa shape index (κ2) is 7.40. The zero-order valence-electron chi connectivity index (χ0n) is 13.1. The molecule has 0 radical (unpaired) electrons. The Bertz CT molecular complexity index is 543. The van der Waals surface area contributed by atoms with Crippen molar-refractivity contribution in [2.24, 2.45) is 0 Å². The average molecular weight is 305 g/mol. The molecule has 2 rings (SSSR count). The number of nitrogens with zero attached hydrogens (tertiary/aromatic N) is 1. The molecule has 120 valence electrons. The maximum atomic E-state index is 12.4. The lowest BCUT2D eigenvalue weighted by Crippen LogP contribution is -2.39. The minimum Gasteiger partial charge on any atom is -0.452 e. The van der Waals surface area contributed by atoms with E-state index in [1.165, 1.54) is 0 Å². The lowest BCUT2D eigenvalue weighted by molar-refractivity contribution is -0.155. The second-order valence-corrected chi connectivity index (χ2v) is 5.65. The Labute approximate surface area is 130 Å². The number of carbonyl (C=O) groups excluding carboxylic acids is 2. The molecule has 0 aromatic heterocycles. The maximum Gasteiger partial charge on any atom is 0.309 e. The standard InChI is InChI=1S/C17H23NO4/c1-3-6-14(19)11-16(20)22-12(2)17(21)18-10-9-13-7-4-5-8-15(13)18/h4-5,7-8,12,14,19H,3,6,9-11H2,1-2H3. The molecule has 0 saturated carbocycles. The van der Waals surface area contributed by atoms with E-state index in [-0.39, 0.29) is 12.3 Å². The normalized spacial score (nSPS) is 16.0. The summed E-state index contributed by atoms with van der Waals surface area (Å²) in [5.74, 6) is -0.752. The van der Waals surface area contributed by atoms with Crippen molar-refractivity contribution in [1.82, 2.24) is 0 Å². The third kappa shape index (κ3) is 3.85. The van der Waals surface area contributed by atoms with Crippen LogP contribution in [0, 0.1) is 0 Å². The van der Waals surface area contributed by atoms with Crippen molar-refractivity contribution in [2.45, 2.75) is 51.7 Å². The molecule has 5 nitrogen and oxygen atoms in total. The number of carbonyl (C=O) groups is 2. The summed E-state index contributed by atoms with van der Waals surface area (Å²) in [6.45, 7) is 4.12. The molecule has 1 aliphatic heterocycles. The van der Waals surface area contributed by atoms with Crippen LogP contribution in [0.2, 0.25) is 0 Å². The Balaban J connectivity index is 1.92. The summed E-state index contributed by atoms with van der Waals surface area (Å²) in [5.41, 5.74) is 2.02. The number of anilines is 1. The van der Waals surface area contributed by atoms with Crippen LogP contribution >= 0.6 is 0 Å². The first-order valence-electron chi connectivity index (χ1n) is 7.79. The van der Waals surface area contributed by atoms with Crippen molar-refractivity contribution < 1.29 is 19.4 Å². The first-order valence-corrected chi connectivity index (χ1v) is 7.79. The molecule has 1 heterocycles. The first kappa shape index (κ1) is 16.5. The first-order chi connectivity index (χ1) is 10.5. The van der Waals surface area contributed by atoms with Gasteiger partial charge in [0, 0.05) is 12.2 Å². The van der Waals surface area contributed by atoms with Gasteiger partial charge in [0.2, 0.25) is 0 Å². The molecule has 0 aliphatic carbocycles. The fourth-order valence-corrected chi connectivity index (χ4v) is 2.71. The molecular weight excluding hydrogens is 282 g/mol. The maximum absolute atomic E-state index is 12.4. The molecule has 5 heteroatoms. The molecule has 1 aromatic rings. The number of esters is 1. The Morgan fingerprint density at radius 1 is 1.36 bits per heavy atom. The van der Waals surface area contributed by atoms with Crippen molar-refractivity contribution in [3.8, 4) is 0 Å². The summed E-state index contributed by atoms with van der Waals surface area (Å²) in [5, 5.41) is 9.62. The van der Waals surface area contributed by atoms with Crippen LogP contribution in [0.3, 0.4) is 0 Å². The van der Waals surface area contributed by atoms with Gasteiger partial charge < -0.3 is 14.7 Å². The molecule has 0 bridgehead atoms. The van der Waals surface area contributed by atoms with Gasteiger partial charge in [-0.3, -0.25) is 9.59 Å². The predicted octanol–water partition coefficient (Wildman–Crippen LogP) is 2.06. The monoisotopic (exact) mass is 305 g/mol. The van der Waals surface area contributed by atoms with Crippen molar-refractivity contribution in [1.29, 1.82) is 0 Å². The number of aliphatic hydroxyl groups excluding tert-OH is 1. The summed E-state index contributed by atoms with van der Waals surface area (Å²) in [6, 6.07) is 7.74. The number of para-hydroxylation sites is 1. The van der Waals surface area contributed by atoms with E-state index in [0.717, 1.165) is 24.1 Å². The van der Waals surface area contributed by atoms with Crippen LogP contribution in [-0.4, -0.2) is 35.7 Å². The van der Waals surface area contributed by atoms with E-state index in [1.807, 2.05) is 31.2 Å². The van der Waals surface area contributed by atoms with Crippen molar-refractivity contribution in [3.05, 3.63) is 29.8 Å². The van der Waals surface area contributed by atoms with Crippen LogP contribution in [0.5, 0.6) is 0 Å². The molecule has 1 amide bonds. The third-order valence-electron chi connectivity index (χ3n) is 3.83. The van der Waals surface area contributed by atoms with Gasteiger partial charge in [0.15, 0.2) is 6.10 Å². The zero-order chi connectivity index (χ0) is 16.1. The van der Waals surface area contributed by atoms with E-state index in [1.54, 1.807) is 11.8 Å². The number of fused-ring (bicyclic) bond motifs is 1. The molecule has 1 aromatic carbocycles. The number of amides is 1. The van der Waals surface area contributed by atoms with Gasteiger partial charge in [-0.2, -0.15) is 0 Å². The van der Waals surface area contributed by atoms with Gasteiger partial charge in [0.25, 0.3) is 5.91 Å². The van der Waals surface area contributed by atoms with Crippen LogP contribution in [0.1, 0.15) is 38.7 Å². The van der Waals surface area contributed by atoms with Crippen LogP contribution in [-0.2, 0) is 20.7 Å². The molecule has 0 saturated heterocycles. The van der Waals surface area contributed by atoms with Gasteiger partial charge in [-0.05, 0) is 31.4 Å². The number of ether oxygens (including phenoxy) is 1. The topological polar surface area (TPSA) is 66.8 Å².